The van der Waals surface area contributed by atoms with Crippen molar-refractivity contribution in [1.82, 2.24) is 0 Å². The molecule has 5 nitrogen and oxygen atoms in total. The van der Waals surface area contributed by atoms with Crippen molar-refractivity contribution in [3.63, 3.8) is 0 Å². The summed E-state index contributed by atoms with van der Waals surface area (Å²) in [7, 11) is 0. The third kappa shape index (κ3) is 3.43. The first-order valence-electron chi connectivity index (χ1n) is 6.13. The van der Waals surface area contributed by atoms with Crippen molar-refractivity contribution in [3.8, 4) is 0 Å². The highest BCUT2D eigenvalue weighted by atomic mass is 16.6. The van der Waals surface area contributed by atoms with Crippen LogP contribution in [0.1, 0.15) is 32.3 Å². The minimum atomic E-state index is -0.821. The molecule has 0 bridgehead atoms. The smallest absolute Gasteiger partial charge is 0.292 e. The van der Waals surface area contributed by atoms with Crippen LogP contribution in [0.15, 0.2) is 18.2 Å². The van der Waals surface area contributed by atoms with Gasteiger partial charge in [-0.2, -0.15) is 0 Å². The molecule has 0 atom stereocenters. The van der Waals surface area contributed by atoms with Gasteiger partial charge in [0.1, 0.15) is 5.69 Å². The van der Waals surface area contributed by atoms with E-state index in [0.29, 0.717) is 25.1 Å². The van der Waals surface area contributed by atoms with E-state index in [0.717, 1.165) is 5.56 Å². The summed E-state index contributed by atoms with van der Waals surface area (Å²) in [4.78, 5) is 10.5. The molecule has 0 unspecified atom stereocenters. The second kappa shape index (κ2) is 5.82. The average molecular weight is 252 g/mol. The molecular formula is C13H20N2O3. The number of aryl methyl sites for hydroxylation is 1. The molecule has 1 rings (SSSR count). The molecule has 0 saturated heterocycles. The van der Waals surface area contributed by atoms with Crippen LogP contribution in [-0.2, 0) is 0 Å². The van der Waals surface area contributed by atoms with Gasteiger partial charge in [-0.05, 0) is 31.4 Å². The van der Waals surface area contributed by atoms with Crippen molar-refractivity contribution in [2.24, 2.45) is 0 Å². The van der Waals surface area contributed by atoms with Crippen molar-refractivity contribution in [1.29, 1.82) is 0 Å². The number of nitrogens with one attached hydrogen (secondary N) is 1. The van der Waals surface area contributed by atoms with Gasteiger partial charge in [-0.15, -0.1) is 0 Å². The van der Waals surface area contributed by atoms with Crippen molar-refractivity contribution in [2.45, 2.75) is 39.2 Å². The molecule has 2 N–H and O–H groups in total. The summed E-state index contributed by atoms with van der Waals surface area (Å²) in [6.45, 7) is 5.92. The van der Waals surface area contributed by atoms with Crippen molar-refractivity contribution in [2.75, 3.05) is 11.9 Å². The lowest BCUT2D eigenvalue weighted by atomic mass is 9.97. The van der Waals surface area contributed by atoms with Gasteiger partial charge in [-0.25, -0.2) is 0 Å². The van der Waals surface area contributed by atoms with E-state index >= 15 is 0 Å². The Morgan fingerprint density at radius 3 is 2.50 bits per heavy atom. The quantitative estimate of drug-likeness (QED) is 0.603. The molecule has 0 aliphatic carbocycles. The molecule has 5 heteroatoms. The second-order valence-corrected chi connectivity index (χ2v) is 4.56. The van der Waals surface area contributed by atoms with Crippen LogP contribution in [0, 0.1) is 17.0 Å². The van der Waals surface area contributed by atoms with Gasteiger partial charge in [-0.3, -0.25) is 10.1 Å². The van der Waals surface area contributed by atoms with Crippen molar-refractivity contribution >= 4 is 11.4 Å². The Morgan fingerprint density at radius 1 is 1.39 bits per heavy atom. The summed E-state index contributed by atoms with van der Waals surface area (Å²) >= 11 is 0. The fourth-order valence-corrected chi connectivity index (χ4v) is 1.70. The van der Waals surface area contributed by atoms with E-state index in [1.807, 2.05) is 26.8 Å². The molecular weight excluding hydrogens is 232 g/mol. The maximum atomic E-state index is 10.9. The van der Waals surface area contributed by atoms with Gasteiger partial charge in [-0.1, -0.05) is 19.9 Å². The normalized spacial score (nSPS) is 11.3. The molecule has 1 aromatic carbocycles. The van der Waals surface area contributed by atoms with Gasteiger partial charge in [0, 0.05) is 12.6 Å². The predicted octanol–water partition coefficient (Wildman–Crippen LogP) is 2.87. The minimum absolute atomic E-state index is 0.0459. The average Bonchev–Trinajstić information content (AvgIpc) is 2.36. The lowest BCUT2D eigenvalue weighted by Gasteiger charge is -2.25. The highest BCUT2D eigenvalue weighted by molar-refractivity contribution is 5.62. The van der Waals surface area contributed by atoms with Gasteiger partial charge >= 0.3 is 0 Å². The highest BCUT2D eigenvalue weighted by Crippen LogP contribution is 2.26. The Bertz CT molecular complexity index is 428. The molecule has 0 amide bonds. The fraction of sp³-hybridized carbons (Fsp3) is 0.538. The number of nitro groups is 1. The fourth-order valence-electron chi connectivity index (χ4n) is 1.70. The van der Waals surface area contributed by atoms with Crippen LogP contribution in [-0.4, -0.2) is 22.2 Å². The molecule has 0 heterocycles. The molecule has 0 aliphatic heterocycles. The first-order chi connectivity index (χ1) is 8.41. The molecule has 0 aliphatic rings. The number of nitrogens with zero attached hydrogens (tertiary/aromatic N) is 1. The Kier molecular flexibility index (Phi) is 4.67. The van der Waals surface area contributed by atoms with E-state index in [9.17, 15) is 15.2 Å². The summed E-state index contributed by atoms with van der Waals surface area (Å²) < 4.78 is 0. The number of anilines is 1. The molecule has 1 aromatic rings. The Morgan fingerprint density at radius 2 is 2.00 bits per heavy atom. The summed E-state index contributed by atoms with van der Waals surface area (Å²) in [6.07, 6.45) is 1.21. The minimum Gasteiger partial charge on any atom is -0.388 e. The van der Waals surface area contributed by atoms with Crippen LogP contribution in [0.5, 0.6) is 0 Å². The van der Waals surface area contributed by atoms with Gasteiger partial charge in [0.2, 0.25) is 0 Å². The summed E-state index contributed by atoms with van der Waals surface area (Å²) in [6, 6.07) is 5.02. The third-order valence-electron chi connectivity index (χ3n) is 3.27. The maximum Gasteiger partial charge on any atom is 0.292 e. The molecule has 0 spiro atoms. The van der Waals surface area contributed by atoms with Crippen LogP contribution in [0.25, 0.3) is 0 Å². The van der Waals surface area contributed by atoms with Crippen LogP contribution in [0.2, 0.25) is 0 Å². The summed E-state index contributed by atoms with van der Waals surface area (Å²) in [5.41, 5.74) is 0.516. The zero-order chi connectivity index (χ0) is 13.8. The molecule has 0 fully saturated rings. The maximum absolute atomic E-state index is 10.9. The van der Waals surface area contributed by atoms with E-state index in [-0.39, 0.29) is 5.69 Å². The van der Waals surface area contributed by atoms with Crippen molar-refractivity contribution in [3.05, 3.63) is 33.9 Å². The lowest BCUT2D eigenvalue weighted by molar-refractivity contribution is -0.384. The van der Waals surface area contributed by atoms with Gasteiger partial charge in [0.15, 0.2) is 0 Å². The highest BCUT2D eigenvalue weighted by Gasteiger charge is 2.23. The van der Waals surface area contributed by atoms with Crippen LogP contribution < -0.4 is 5.32 Å². The zero-order valence-corrected chi connectivity index (χ0v) is 11.1. The molecule has 18 heavy (non-hydrogen) atoms. The first kappa shape index (κ1) is 14.4. The van der Waals surface area contributed by atoms with Crippen LogP contribution in [0.4, 0.5) is 11.4 Å². The topological polar surface area (TPSA) is 75.4 Å². The monoisotopic (exact) mass is 252 g/mol. The standard InChI is InChI=1S/C13H20N2O3/c1-4-13(16,5-2)9-14-11-7-6-10(3)8-12(11)15(17)18/h6-8,14,16H,4-5,9H2,1-3H3. The van der Waals surface area contributed by atoms with Gasteiger partial charge in [0.05, 0.1) is 10.5 Å². The van der Waals surface area contributed by atoms with Gasteiger partial charge in [0.25, 0.3) is 5.69 Å². The number of hydrogen-bond donors (Lipinski definition) is 2. The zero-order valence-electron chi connectivity index (χ0n) is 11.1. The number of hydrogen-bond acceptors (Lipinski definition) is 4. The number of rotatable bonds is 6. The van der Waals surface area contributed by atoms with E-state index in [1.165, 1.54) is 6.07 Å². The van der Waals surface area contributed by atoms with E-state index in [2.05, 4.69) is 5.32 Å². The van der Waals surface area contributed by atoms with Crippen molar-refractivity contribution < 1.29 is 10.0 Å². The Hall–Kier alpha value is -1.62. The van der Waals surface area contributed by atoms with E-state index in [1.54, 1.807) is 6.07 Å². The molecule has 100 valence electrons. The van der Waals surface area contributed by atoms with E-state index in [4.69, 9.17) is 0 Å². The van der Waals surface area contributed by atoms with E-state index < -0.39 is 10.5 Å². The Labute approximate surface area is 107 Å². The molecule has 0 radical (unpaired) electrons. The van der Waals surface area contributed by atoms with Gasteiger partial charge < -0.3 is 10.4 Å². The summed E-state index contributed by atoms with van der Waals surface area (Å²) in [5.74, 6) is 0. The predicted molar refractivity (Wildman–Crippen MR) is 71.9 cm³/mol. The summed E-state index contributed by atoms with van der Waals surface area (Å²) in [5, 5.41) is 24.1. The SMILES string of the molecule is CCC(O)(CC)CNc1ccc(C)cc1[N+](=O)[O-]. The lowest BCUT2D eigenvalue weighted by Crippen LogP contribution is -2.35. The second-order valence-electron chi connectivity index (χ2n) is 4.56. The number of nitro benzene ring substituents is 1. The third-order valence-corrected chi connectivity index (χ3v) is 3.27. The number of benzene rings is 1. The molecule has 0 aromatic heterocycles. The first-order valence-corrected chi connectivity index (χ1v) is 6.13. The van der Waals surface area contributed by atoms with Crippen LogP contribution in [0.3, 0.4) is 0 Å². The number of aliphatic hydroxyl groups is 1. The largest absolute Gasteiger partial charge is 0.388 e. The van der Waals surface area contributed by atoms with Crippen LogP contribution >= 0.6 is 0 Å². The Balaban J connectivity index is 2.88. The molecule has 0 saturated carbocycles.